The zero-order valence-electron chi connectivity index (χ0n) is 15.7. The standard InChI is InChI=1S/C20H24N2O4S/c1-14-8-10-16(11-9-14)15(2)21-20(23)19-12-13-22(27(3,24)25)17-6-4-5-7-18(17)26-19/h4-11,15,19H,12-13H2,1-3H3,(H,21,23)/t15-,19-/m1/s1. The smallest absolute Gasteiger partial charge is 0.261 e. The minimum atomic E-state index is -3.46. The molecule has 6 nitrogen and oxygen atoms in total. The highest BCUT2D eigenvalue weighted by atomic mass is 32.2. The van der Waals surface area contributed by atoms with E-state index < -0.39 is 16.1 Å². The number of carbonyl (C=O) groups is 1. The maximum absolute atomic E-state index is 12.8. The van der Waals surface area contributed by atoms with Gasteiger partial charge in [-0.2, -0.15) is 0 Å². The first-order chi connectivity index (χ1) is 12.8. The number of ether oxygens (including phenoxy) is 1. The van der Waals surface area contributed by atoms with Gasteiger partial charge in [0.1, 0.15) is 5.75 Å². The summed E-state index contributed by atoms with van der Waals surface area (Å²) >= 11 is 0. The summed E-state index contributed by atoms with van der Waals surface area (Å²) in [5.74, 6) is 0.136. The van der Waals surface area contributed by atoms with Gasteiger partial charge in [-0.3, -0.25) is 9.10 Å². The van der Waals surface area contributed by atoms with Crippen LogP contribution in [0.1, 0.15) is 30.5 Å². The molecule has 27 heavy (non-hydrogen) atoms. The molecular formula is C20H24N2O4S. The number of nitrogens with one attached hydrogen (secondary N) is 1. The van der Waals surface area contributed by atoms with E-state index in [1.165, 1.54) is 4.31 Å². The van der Waals surface area contributed by atoms with Crippen LogP contribution in [0.4, 0.5) is 5.69 Å². The summed E-state index contributed by atoms with van der Waals surface area (Å²) in [4.78, 5) is 12.8. The van der Waals surface area contributed by atoms with Gasteiger partial charge in [-0.15, -0.1) is 0 Å². The monoisotopic (exact) mass is 388 g/mol. The number of fused-ring (bicyclic) bond motifs is 1. The fourth-order valence-electron chi connectivity index (χ4n) is 3.10. The van der Waals surface area contributed by atoms with E-state index in [2.05, 4.69) is 5.32 Å². The second-order valence-electron chi connectivity index (χ2n) is 6.84. The number of benzene rings is 2. The molecule has 0 radical (unpaired) electrons. The molecule has 2 atom stereocenters. The van der Waals surface area contributed by atoms with Crippen LogP contribution in [-0.4, -0.2) is 33.2 Å². The van der Waals surface area contributed by atoms with Gasteiger partial charge in [0.15, 0.2) is 6.10 Å². The lowest BCUT2D eigenvalue weighted by molar-refractivity contribution is -0.128. The predicted octanol–water partition coefficient (Wildman–Crippen LogP) is 2.79. The summed E-state index contributed by atoms with van der Waals surface area (Å²) in [5, 5.41) is 2.97. The topological polar surface area (TPSA) is 75.7 Å². The number of rotatable bonds is 4. The lowest BCUT2D eigenvalue weighted by Crippen LogP contribution is -2.40. The van der Waals surface area contributed by atoms with E-state index in [0.717, 1.165) is 17.4 Å². The molecule has 1 amide bonds. The number of carbonyl (C=O) groups excluding carboxylic acids is 1. The fraction of sp³-hybridized carbons (Fsp3) is 0.350. The van der Waals surface area contributed by atoms with Crippen LogP contribution in [0.25, 0.3) is 0 Å². The number of nitrogens with zero attached hydrogens (tertiary/aromatic N) is 1. The molecule has 0 bridgehead atoms. The largest absolute Gasteiger partial charge is 0.478 e. The van der Waals surface area contributed by atoms with E-state index in [0.29, 0.717) is 11.4 Å². The second kappa shape index (κ2) is 7.60. The van der Waals surface area contributed by atoms with Crippen molar-refractivity contribution in [1.29, 1.82) is 0 Å². The molecule has 0 saturated heterocycles. The number of hydrogen-bond donors (Lipinski definition) is 1. The third-order valence-electron chi connectivity index (χ3n) is 4.63. The van der Waals surface area contributed by atoms with Gasteiger partial charge in [-0.05, 0) is 31.5 Å². The highest BCUT2D eigenvalue weighted by Gasteiger charge is 2.31. The van der Waals surface area contributed by atoms with Crippen molar-refractivity contribution in [3.63, 3.8) is 0 Å². The van der Waals surface area contributed by atoms with Gasteiger partial charge >= 0.3 is 0 Å². The molecule has 0 aliphatic carbocycles. The summed E-state index contributed by atoms with van der Waals surface area (Å²) in [6.45, 7) is 4.11. The van der Waals surface area contributed by atoms with Crippen molar-refractivity contribution in [3.05, 3.63) is 59.7 Å². The van der Waals surface area contributed by atoms with Crippen LogP contribution in [0, 0.1) is 6.92 Å². The van der Waals surface area contributed by atoms with E-state index in [-0.39, 0.29) is 24.9 Å². The molecule has 0 fully saturated rings. The zero-order valence-corrected chi connectivity index (χ0v) is 16.5. The molecule has 2 aromatic rings. The average Bonchev–Trinajstić information content (AvgIpc) is 2.81. The van der Waals surface area contributed by atoms with Gasteiger partial charge < -0.3 is 10.1 Å². The Balaban J connectivity index is 1.78. The van der Waals surface area contributed by atoms with Crippen molar-refractivity contribution >= 4 is 21.6 Å². The van der Waals surface area contributed by atoms with Crippen LogP contribution in [0.2, 0.25) is 0 Å². The molecule has 1 heterocycles. The number of hydrogen-bond acceptors (Lipinski definition) is 4. The molecule has 0 spiro atoms. The van der Waals surface area contributed by atoms with Crippen molar-refractivity contribution < 1.29 is 17.9 Å². The van der Waals surface area contributed by atoms with Crippen LogP contribution in [0.5, 0.6) is 5.75 Å². The van der Waals surface area contributed by atoms with E-state index >= 15 is 0 Å². The number of aryl methyl sites for hydroxylation is 1. The first kappa shape index (κ1) is 19.2. The first-order valence-electron chi connectivity index (χ1n) is 8.86. The maximum Gasteiger partial charge on any atom is 0.261 e. The normalized spacial score (nSPS) is 18.0. The summed E-state index contributed by atoms with van der Waals surface area (Å²) in [6, 6.07) is 14.7. The fourth-order valence-corrected chi connectivity index (χ4v) is 4.05. The minimum absolute atomic E-state index is 0.175. The SMILES string of the molecule is Cc1ccc([C@@H](C)NC(=O)[C@H]2CCN(S(C)(=O)=O)c3ccccc3O2)cc1. The highest BCUT2D eigenvalue weighted by molar-refractivity contribution is 7.92. The average molecular weight is 388 g/mol. The molecule has 1 aliphatic rings. The van der Waals surface area contributed by atoms with E-state index in [1.807, 2.05) is 38.1 Å². The molecule has 1 N–H and O–H groups in total. The molecule has 144 valence electrons. The van der Waals surface area contributed by atoms with Crippen LogP contribution in [0.3, 0.4) is 0 Å². The van der Waals surface area contributed by atoms with Gasteiger partial charge in [0, 0.05) is 13.0 Å². The van der Waals surface area contributed by atoms with Gasteiger partial charge in [-0.1, -0.05) is 42.0 Å². The van der Waals surface area contributed by atoms with Crippen molar-refractivity contribution in [2.75, 3.05) is 17.1 Å². The van der Waals surface area contributed by atoms with Gasteiger partial charge in [-0.25, -0.2) is 8.42 Å². The summed E-state index contributed by atoms with van der Waals surface area (Å²) in [6.07, 6.45) is 0.670. The molecule has 0 aromatic heterocycles. The lowest BCUT2D eigenvalue weighted by Gasteiger charge is -2.20. The molecule has 0 unspecified atom stereocenters. The van der Waals surface area contributed by atoms with Crippen molar-refractivity contribution in [2.45, 2.75) is 32.4 Å². The summed E-state index contributed by atoms with van der Waals surface area (Å²) in [7, 11) is -3.46. The van der Waals surface area contributed by atoms with Crippen LogP contribution < -0.4 is 14.4 Å². The van der Waals surface area contributed by atoms with Crippen molar-refractivity contribution in [2.24, 2.45) is 0 Å². The van der Waals surface area contributed by atoms with Crippen LogP contribution in [0.15, 0.2) is 48.5 Å². The third kappa shape index (κ3) is 4.42. The maximum atomic E-state index is 12.8. The lowest BCUT2D eigenvalue weighted by atomic mass is 10.1. The number of anilines is 1. The summed E-state index contributed by atoms with van der Waals surface area (Å²) in [5.41, 5.74) is 2.62. The first-order valence-corrected chi connectivity index (χ1v) is 10.7. The molecule has 2 aromatic carbocycles. The van der Waals surface area contributed by atoms with Crippen molar-refractivity contribution in [3.8, 4) is 5.75 Å². The van der Waals surface area contributed by atoms with Gasteiger partial charge in [0.05, 0.1) is 18.0 Å². The Morgan fingerprint density at radius 3 is 2.52 bits per heavy atom. The van der Waals surface area contributed by atoms with Crippen LogP contribution in [-0.2, 0) is 14.8 Å². The second-order valence-corrected chi connectivity index (χ2v) is 8.75. The Bertz CT molecular complexity index is 925. The number of amides is 1. The van der Waals surface area contributed by atoms with E-state index in [4.69, 9.17) is 4.74 Å². The zero-order chi connectivity index (χ0) is 19.6. The van der Waals surface area contributed by atoms with E-state index in [1.54, 1.807) is 24.3 Å². The predicted molar refractivity (Wildman–Crippen MR) is 105 cm³/mol. The Labute approximate surface area is 160 Å². The van der Waals surface area contributed by atoms with Gasteiger partial charge in [0.2, 0.25) is 10.0 Å². The third-order valence-corrected chi connectivity index (χ3v) is 5.81. The Hall–Kier alpha value is -2.54. The summed E-state index contributed by atoms with van der Waals surface area (Å²) < 4.78 is 31.4. The molecule has 7 heteroatoms. The van der Waals surface area contributed by atoms with Crippen molar-refractivity contribution in [1.82, 2.24) is 5.32 Å². The molecular weight excluding hydrogens is 364 g/mol. The van der Waals surface area contributed by atoms with Crippen LogP contribution >= 0.6 is 0 Å². The minimum Gasteiger partial charge on any atom is -0.478 e. The Kier molecular flexibility index (Phi) is 5.41. The Morgan fingerprint density at radius 2 is 1.85 bits per heavy atom. The van der Waals surface area contributed by atoms with E-state index in [9.17, 15) is 13.2 Å². The molecule has 0 saturated carbocycles. The number of para-hydroxylation sites is 2. The number of sulfonamides is 1. The molecule has 3 rings (SSSR count). The van der Waals surface area contributed by atoms with Gasteiger partial charge in [0.25, 0.3) is 5.91 Å². The quantitative estimate of drug-likeness (QED) is 0.874. The molecule has 1 aliphatic heterocycles. The highest BCUT2D eigenvalue weighted by Crippen LogP contribution is 2.33. The Morgan fingerprint density at radius 1 is 1.19 bits per heavy atom.